The molecule has 2 rings (SSSR count). The molecular weight excluding hydrogens is 381 g/mol. The van der Waals surface area contributed by atoms with E-state index in [-0.39, 0.29) is 23.7 Å². The van der Waals surface area contributed by atoms with Crippen LogP contribution in [-0.2, 0) is 11.8 Å². The third kappa shape index (κ3) is 3.41. The minimum absolute atomic E-state index is 0.203. The molecule has 0 aliphatic rings. The topological polar surface area (TPSA) is 0 Å². The van der Waals surface area contributed by atoms with Gasteiger partial charge in [0.15, 0.2) is 11.6 Å². The molecule has 0 fully saturated rings. The Hall–Kier alpha value is -0.640. The van der Waals surface area contributed by atoms with Crippen molar-refractivity contribution in [1.29, 1.82) is 0 Å². The number of alkyl halides is 2. The minimum Gasteiger partial charge on any atom is -0.204 e. The van der Waals surface area contributed by atoms with Crippen molar-refractivity contribution in [3.63, 3.8) is 0 Å². The van der Waals surface area contributed by atoms with Gasteiger partial charge in [-0.2, -0.15) is 0 Å². The molecule has 0 aliphatic heterocycles. The van der Waals surface area contributed by atoms with Crippen LogP contribution in [0.5, 0.6) is 0 Å². The lowest BCUT2D eigenvalue weighted by Crippen LogP contribution is -2.34. The normalized spacial score (nSPS) is 11.7. The molecule has 0 bridgehead atoms. The molecule has 2 aromatic rings. The second-order valence-electron chi connectivity index (χ2n) is 4.92. The maximum absolute atomic E-state index is 13.9. The number of halogens is 5. The van der Waals surface area contributed by atoms with Gasteiger partial charge in [0.05, 0.1) is 0 Å². The first-order valence-electron chi connectivity index (χ1n) is 6.34. The summed E-state index contributed by atoms with van der Waals surface area (Å²) in [5, 5.41) is 0. The summed E-state index contributed by atoms with van der Waals surface area (Å²) in [5.41, 5.74) is 0.489. The van der Waals surface area contributed by atoms with E-state index in [1.807, 2.05) is 24.3 Å². The van der Waals surface area contributed by atoms with E-state index in [4.69, 9.17) is 23.2 Å². The van der Waals surface area contributed by atoms with E-state index in [0.29, 0.717) is 0 Å². The van der Waals surface area contributed by atoms with Gasteiger partial charge in [0.25, 0.3) is 0 Å². The Morgan fingerprint density at radius 2 is 1.62 bits per heavy atom. The third-order valence-corrected chi connectivity index (χ3v) is 5.23. The highest BCUT2D eigenvalue weighted by Crippen LogP contribution is 2.36. The molecule has 0 N–H and O–H groups in total. The van der Waals surface area contributed by atoms with Crippen molar-refractivity contribution in [3.8, 4) is 0 Å². The predicted molar refractivity (Wildman–Crippen MR) is 87.3 cm³/mol. The molecular formula is C16H13BrCl2F2. The molecule has 0 aliphatic carbocycles. The van der Waals surface area contributed by atoms with Crippen molar-refractivity contribution in [2.45, 2.75) is 11.8 Å². The summed E-state index contributed by atoms with van der Waals surface area (Å²) >= 11 is 15.8. The average molecular weight is 394 g/mol. The quantitative estimate of drug-likeness (QED) is 0.572. The Morgan fingerprint density at radius 1 is 0.952 bits per heavy atom. The molecule has 5 heteroatoms. The lowest BCUT2D eigenvalue weighted by atomic mass is 9.78. The van der Waals surface area contributed by atoms with Crippen LogP contribution in [0.25, 0.3) is 0 Å². The van der Waals surface area contributed by atoms with E-state index in [9.17, 15) is 8.78 Å². The summed E-state index contributed by atoms with van der Waals surface area (Å²) in [7, 11) is 0. The van der Waals surface area contributed by atoms with E-state index < -0.39 is 17.0 Å². The number of hydrogen-bond acceptors (Lipinski definition) is 0. The zero-order valence-electron chi connectivity index (χ0n) is 11.1. The van der Waals surface area contributed by atoms with E-state index in [1.54, 1.807) is 6.07 Å². The summed E-state index contributed by atoms with van der Waals surface area (Å²) in [6.07, 6.45) is 0.228. The van der Waals surface area contributed by atoms with Gasteiger partial charge in [-0.3, -0.25) is 0 Å². The predicted octanol–water partition coefficient (Wildman–Crippen LogP) is 5.69. The summed E-state index contributed by atoms with van der Waals surface area (Å²) < 4.78 is 28.2. The van der Waals surface area contributed by atoms with Crippen LogP contribution >= 0.6 is 39.1 Å². The van der Waals surface area contributed by atoms with E-state index in [1.165, 1.54) is 6.07 Å². The van der Waals surface area contributed by atoms with Crippen LogP contribution in [0.4, 0.5) is 8.78 Å². The Morgan fingerprint density at radius 3 is 2.24 bits per heavy atom. The lowest BCUT2D eigenvalue weighted by molar-refractivity contribution is 0.471. The smallest absolute Gasteiger partial charge is 0.162 e. The Bertz CT molecular complexity index is 627. The molecule has 0 saturated heterocycles. The maximum atomic E-state index is 13.9. The first kappa shape index (κ1) is 16.7. The van der Waals surface area contributed by atoms with Gasteiger partial charge in [-0.15, -0.1) is 23.2 Å². The Labute approximate surface area is 141 Å². The minimum atomic E-state index is -0.863. The standard InChI is InChI=1S/C16H13BrCl2F2/c17-13-6-2-1-5-12(13)16(9-18,10-19)8-11-4-3-7-14(20)15(11)21/h1-7H,8-10H2. The van der Waals surface area contributed by atoms with Crippen molar-refractivity contribution < 1.29 is 8.78 Å². The fourth-order valence-corrected chi connectivity index (χ4v) is 3.78. The Balaban J connectivity index is 2.49. The molecule has 0 heterocycles. The summed E-state index contributed by atoms with van der Waals surface area (Å²) in [6.45, 7) is 0. The molecule has 0 radical (unpaired) electrons. The van der Waals surface area contributed by atoms with Gasteiger partial charge < -0.3 is 0 Å². The molecule has 0 saturated carbocycles. The summed E-state index contributed by atoms with van der Waals surface area (Å²) in [4.78, 5) is 0. The number of benzene rings is 2. The monoisotopic (exact) mass is 392 g/mol. The largest absolute Gasteiger partial charge is 0.204 e. The molecule has 0 amide bonds. The zero-order valence-corrected chi connectivity index (χ0v) is 14.2. The lowest BCUT2D eigenvalue weighted by Gasteiger charge is -2.31. The first-order chi connectivity index (χ1) is 10.0. The van der Waals surface area contributed by atoms with Crippen LogP contribution in [0.3, 0.4) is 0 Å². The highest BCUT2D eigenvalue weighted by atomic mass is 79.9. The second-order valence-corrected chi connectivity index (χ2v) is 6.31. The van der Waals surface area contributed by atoms with Crippen molar-refractivity contribution in [2.75, 3.05) is 11.8 Å². The molecule has 0 aromatic heterocycles. The molecule has 112 valence electrons. The van der Waals surface area contributed by atoms with E-state index in [0.717, 1.165) is 16.1 Å². The second kappa shape index (κ2) is 7.08. The summed E-state index contributed by atoms with van der Waals surface area (Å²) in [5.74, 6) is -1.30. The van der Waals surface area contributed by atoms with Crippen LogP contribution in [-0.4, -0.2) is 11.8 Å². The van der Waals surface area contributed by atoms with E-state index in [2.05, 4.69) is 15.9 Å². The molecule has 2 aromatic carbocycles. The molecule has 0 spiro atoms. The SMILES string of the molecule is Fc1cccc(CC(CCl)(CCl)c2ccccc2Br)c1F. The van der Waals surface area contributed by atoms with Crippen molar-refractivity contribution in [3.05, 3.63) is 69.7 Å². The number of rotatable bonds is 5. The summed E-state index contributed by atoms with van der Waals surface area (Å²) in [6, 6.07) is 11.7. The van der Waals surface area contributed by atoms with Crippen LogP contribution < -0.4 is 0 Å². The average Bonchev–Trinajstić information content (AvgIpc) is 2.50. The van der Waals surface area contributed by atoms with Gasteiger partial charge in [-0.1, -0.05) is 46.3 Å². The van der Waals surface area contributed by atoms with Crippen LogP contribution in [0.2, 0.25) is 0 Å². The van der Waals surface area contributed by atoms with Gasteiger partial charge in [0.2, 0.25) is 0 Å². The molecule has 0 atom stereocenters. The zero-order chi connectivity index (χ0) is 15.5. The Kier molecular flexibility index (Phi) is 5.64. The van der Waals surface area contributed by atoms with E-state index >= 15 is 0 Å². The molecule has 0 nitrogen and oxygen atoms in total. The highest BCUT2D eigenvalue weighted by molar-refractivity contribution is 9.10. The molecule has 0 unspecified atom stereocenters. The maximum Gasteiger partial charge on any atom is 0.162 e. The van der Waals surface area contributed by atoms with Crippen LogP contribution in [0.1, 0.15) is 11.1 Å². The third-order valence-electron chi connectivity index (χ3n) is 3.52. The van der Waals surface area contributed by atoms with Gasteiger partial charge >= 0.3 is 0 Å². The van der Waals surface area contributed by atoms with Crippen LogP contribution in [0.15, 0.2) is 46.9 Å². The fourth-order valence-electron chi connectivity index (χ4n) is 2.31. The van der Waals surface area contributed by atoms with Gasteiger partial charge in [-0.05, 0) is 29.7 Å². The highest BCUT2D eigenvalue weighted by Gasteiger charge is 2.33. The fraction of sp³-hybridized carbons (Fsp3) is 0.250. The van der Waals surface area contributed by atoms with Gasteiger partial charge in [0, 0.05) is 21.6 Å². The number of hydrogen-bond donors (Lipinski definition) is 0. The van der Waals surface area contributed by atoms with Crippen molar-refractivity contribution >= 4 is 39.1 Å². The molecule has 21 heavy (non-hydrogen) atoms. The van der Waals surface area contributed by atoms with Crippen LogP contribution in [0, 0.1) is 11.6 Å². The van der Waals surface area contributed by atoms with Gasteiger partial charge in [-0.25, -0.2) is 8.78 Å². The van der Waals surface area contributed by atoms with Crippen molar-refractivity contribution in [2.24, 2.45) is 0 Å². The van der Waals surface area contributed by atoms with Gasteiger partial charge in [0.1, 0.15) is 0 Å². The first-order valence-corrected chi connectivity index (χ1v) is 8.20. The van der Waals surface area contributed by atoms with Crippen molar-refractivity contribution in [1.82, 2.24) is 0 Å².